The monoisotopic (exact) mass is 425 g/mol. The van der Waals surface area contributed by atoms with E-state index >= 15 is 0 Å². The number of nitro groups is 1. The van der Waals surface area contributed by atoms with E-state index in [0.717, 1.165) is 38.8 Å². The Hall–Kier alpha value is -3.42. The molecule has 0 radical (unpaired) electrons. The number of anilines is 1. The number of carbonyl (C=O) groups is 2. The number of hydrogen-bond acceptors (Lipinski definition) is 6. The summed E-state index contributed by atoms with van der Waals surface area (Å²) >= 11 is 0. The molecule has 0 aliphatic carbocycles. The molecule has 1 saturated heterocycles. The second kappa shape index (κ2) is 10.6. The molecule has 0 saturated carbocycles. The molecular weight excluding hydrogens is 398 g/mol. The molecule has 2 aromatic rings. The maximum Gasteiger partial charge on any atom is 0.341 e. The summed E-state index contributed by atoms with van der Waals surface area (Å²) < 4.78 is 5.19. The van der Waals surface area contributed by atoms with Crippen LogP contribution >= 0.6 is 0 Å². The Morgan fingerprint density at radius 2 is 1.87 bits per heavy atom. The van der Waals surface area contributed by atoms with Crippen molar-refractivity contribution in [3.05, 3.63) is 69.8 Å². The average Bonchev–Trinajstić information content (AvgIpc) is 3.31. The number of amides is 1. The third-order valence-electron chi connectivity index (χ3n) is 5.31. The second-order valence-electron chi connectivity index (χ2n) is 7.72. The molecule has 8 heteroatoms. The zero-order chi connectivity index (χ0) is 22.2. The van der Waals surface area contributed by atoms with Gasteiger partial charge in [-0.2, -0.15) is 0 Å². The van der Waals surface area contributed by atoms with E-state index in [1.54, 1.807) is 6.07 Å². The lowest BCUT2D eigenvalue weighted by atomic mass is 10.1. The maximum atomic E-state index is 12.6. The lowest BCUT2D eigenvalue weighted by molar-refractivity contribution is -0.384. The van der Waals surface area contributed by atoms with Gasteiger partial charge in [0.1, 0.15) is 0 Å². The number of hydrogen-bond donors (Lipinski definition) is 1. The van der Waals surface area contributed by atoms with Crippen LogP contribution in [-0.2, 0) is 16.0 Å². The molecule has 0 unspecified atom stereocenters. The number of carbonyl (C=O) groups excluding carboxylic acids is 2. The number of non-ortho nitro benzene ring substituents is 1. The summed E-state index contributed by atoms with van der Waals surface area (Å²) in [5.41, 5.74) is 1.72. The zero-order valence-electron chi connectivity index (χ0n) is 17.6. The highest BCUT2D eigenvalue weighted by atomic mass is 16.6. The molecule has 0 spiro atoms. The van der Waals surface area contributed by atoms with E-state index in [0.29, 0.717) is 5.69 Å². The van der Waals surface area contributed by atoms with Gasteiger partial charge in [0.2, 0.25) is 0 Å². The Morgan fingerprint density at radius 3 is 2.55 bits per heavy atom. The topological polar surface area (TPSA) is 102 Å². The van der Waals surface area contributed by atoms with Crippen LogP contribution in [0.5, 0.6) is 0 Å². The molecule has 1 aliphatic rings. The summed E-state index contributed by atoms with van der Waals surface area (Å²) in [6.07, 6.45) is 3.58. The summed E-state index contributed by atoms with van der Waals surface area (Å²) in [6, 6.07) is 14.1. The lowest BCUT2D eigenvalue weighted by Crippen LogP contribution is -2.36. The quantitative estimate of drug-likeness (QED) is 0.375. The molecule has 1 aliphatic heterocycles. The van der Waals surface area contributed by atoms with Gasteiger partial charge in [-0.25, -0.2) is 4.79 Å². The first-order valence-electron chi connectivity index (χ1n) is 10.5. The molecule has 164 valence electrons. The SMILES string of the molecule is C[C@H](CCc1ccccc1)NC(=O)COC(=O)c1cc([N+](=O)[O-])ccc1N1CCCC1. The molecule has 3 rings (SSSR count). The fraction of sp³-hybridized carbons (Fsp3) is 0.391. The van der Waals surface area contributed by atoms with E-state index < -0.39 is 23.4 Å². The summed E-state index contributed by atoms with van der Waals surface area (Å²) in [6.45, 7) is 3.01. The predicted molar refractivity (Wildman–Crippen MR) is 117 cm³/mol. The van der Waals surface area contributed by atoms with Crippen LogP contribution < -0.4 is 10.2 Å². The minimum absolute atomic E-state index is 0.0793. The summed E-state index contributed by atoms with van der Waals surface area (Å²) in [4.78, 5) is 37.4. The number of esters is 1. The van der Waals surface area contributed by atoms with Crippen LogP contribution in [0.15, 0.2) is 48.5 Å². The van der Waals surface area contributed by atoms with Crippen LogP contribution in [0.4, 0.5) is 11.4 Å². The molecule has 2 aromatic carbocycles. The van der Waals surface area contributed by atoms with E-state index in [1.807, 2.05) is 42.2 Å². The van der Waals surface area contributed by atoms with Crippen molar-refractivity contribution >= 4 is 23.3 Å². The number of nitrogens with zero attached hydrogens (tertiary/aromatic N) is 2. The van der Waals surface area contributed by atoms with Crippen molar-refractivity contribution in [1.82, 2.24) is 5.32 Å². The fourth-order valence-corrected chi connectivity index (χ4v) is 3.66. The van der Waals surface area contributed by atoms with Crippen LogP contribution in [-0.4, -0.2) is 42.5 Å². The van der Waals surface area contributed by atoms with Crippen LogP contribution in [0.1, 0.15) is 42.1 Å². The molecule has 1 atom stereocenters. The second-order valence-corrected chi connectivity index (χ2v) is 7.72. The predicted octanol–water partition coefficient (Wildman–Crippen LogP) is 3.49. The highest BCUT2D eigenvalue weighted by Crippen LogP contribution is 2.29. The van der Waals surface area contributed by atoms with Crippen molar-refractivity contribution in [3.8, 4) is 0 Å². The Balaban J connectivity index is 1.56. The van der Waals surface area contributed by atoms with Crippen molar-refractivity contribution in [3.63, 3.8) is 0 Å². The van der Waals surface area contributed by atoms with E-state index in [2.05, 4.69) is 5.32 Å². The van der Waals surface area contributed by atoms with Gasteiger partial charge in [0.05, 0.1) is 16.2 Å². The van der Waals surface area contributed by atoms with E-state index in [-0.39, 0.29) is 17.3 Å². The normalized spacial score (nSPS) is 14.2. The van der Waals surface area contributed by atoms with Crippen LogP contribution in [0.2, 0.25) is 0 Å². The molecule has 0 aromatic heterocycles. The van der Waals surface area contributed by atoms with Gasteiger partial charge < -0.3 is 15.0 Å². The van der Waals surface area contributed by atoms with Crippen LogP contribution in [0.25, 0.3) is 0 Å². The van der Waals surface area contributed by atoms with Crippen molar-refractivity contribution in [1.29, 1.82) is 0 Å². The van der Waals surface area contributed by atoms with Gasteiger partial charge in [-0.3, -0.25) is 14.9 Å². The standard InChI is InChI=1S/C23H27N3O5/c1-17(9-10-18-7-3-2-4-8-18)24-22(27)16-31-23(28)20-15-19(26(29)30)11-12-21(20)25-13-5-6-14-25/h2-4,7-8,11-12,15,17H,5-6,9-10,13-14,16H2,1H3,(H,24,27)/t17-/m1/s1. The molecule has 1 heterocycles. The van der Waals surface area contributed by atoms with Crippen molar-refractivity contribution in [2.45, 2.75) is 38.6 Å². The number of benzene rings is 2. The number of aryl methyl sites for hydroxylation is 1. The summed E-state index contributed by atoms with van der Waals surface area (Å²) in [5, 5.41) is 14.0. The minimum Gasteiger partial charge on any atom is -0.452 e. The number of ether oxygens (including phenoxy) is 1. The Labute approximate surface area is 181 Å². The van der Waals surface area contributed by atoms with E-state index in [4.69, 9.17) is 4.74 Å². The van der Waals surface area contributed by atoms with Gasteiger partial charge in [0, 0.05) is 31.3 Å². The van der Waals surface area contributed by atoms with E-state index in [9.17, 15) is 19.7 Å². The van der Waals surface area contributed by atoms with Gasteiger partial charge in [0.25, 0.3) is 11.6 Å². The Morgan fingerprint density at radius 1 is 1.16 bits per heavy atom. The molecule has 1 fully saturated rings. The Kier molecular flexibility index (Phi) is 7.59. The smallest absolute Gasteiger partial charge is 0.341 e. The minimum atomic E-state index is -0.738. The molecule has 31 heavy (non-hydrogen) atoms. The summed E-state index contributed by atoms with van der Waals surface area (Å²) in [5.74, 6) is -1.14. The highest BCUT2D eigenvalue weighted by molar-refractivity contribution is 5.97. The van der Waals surface area contributed by atoms with Gasteiger partial charge >= 0.3 is 5.97 Å². The van der Waals surface area contributed by atoms with Gasteiger partial charge in [-0.1, -0.05) is 30.3 Å². The van der Waals surface area contributed by atoms with E-state index in [1.165, 1.54) is 17.7 Å². The molecule has 8 nitrogen and oxygen atoms in total. The lowest BCUT2D eigenvalue weighted by Gasteiger charge is -2.20. The summed E-state index contributed by atoms with van der Waals surface area (Å²) in [7, 11) is 0. The average molecular weight is 425 g/mol. The molecule has 1 amide bonds. The first-order chi connectivity index (χ1) is 14.9. The largest absolute Gasteiger partial charge is 0.452 e. The fourth-order valence-electron chi connectivity index (χ4n) is 3.66. The number of nitrogens with one attached hydrogen (secondary N) is 1. The number of nitro benzene ring substituents is 1. The Bertz CT molecular complexity index is 926. The van der Waals surface area contributed by atoms with Crippen LogP contribution in [0.3, 0.4) is 0 Å². The van der Waals surface area contributed by atoms with Crippen molar-refractivity contribution in [2.75, 3.05) is 24.6 Å². The van der Waals surface area contributed by atoms with Crippen LogP contribution in [0, 0.1) is 10.1 Å². The van der Waals surface area contributed by atoms with Crippen molar-refractivity contribution < 1.29 is 19.2 Å². The molecule has 1 N–H and O–H groups in total. The zero-order valence-corrected chi connectivity index (χ0v) is 17.6. The first kappa shape index (κ1) is 22.3. The van der Waals surface area contributed by atoms with Crippen molar-refractivity contribution in [2.24, 2.45) is 0 Å². The van der Waals surface area contributed by atoms with Gasteiger partial charge in [-0.05, 0) is 44.2 Å². The number of rotatable bonds is 9. The maximum absolute atomic E-state index is 12.6. The third kappa shape index (κ3) is 6.28. The highest BCUT2D eigenvalue weighted by Gasteiger charge is 2.24. The molecular formula is C23H27N3O5. The van der Waals surface area contributed by atoms with Gasteiger partial charge in [-0.15, -0.1) is 0 Å². The first-order valence-corrected chi connectivity index (χ1v) is 10.5. The van der Waals surface area contributed by atoms with Gasteiger partial charge in [0.15, 0.2) is 6.61 Å². The third-order valence-corrected chi connectivity index (χ3v) is 5.31. The molecule has 0 bridgehead atoms.